The minimum Gasteiger partial charge on any atom is -0.455 e. The topological polar surface area (TPSA) is 42.4 Å². The molecule has 0 spiro atoms. The lowest BCUT2D eigenvalue weighted by atomic mass is 9.72. The zero-order valence-electron chi connectivity index (χ0n) is 41.2. The largest absolute Gasteiger partial charge is 0.455 e. The van der Waals surface area contributed by atoms with E-state index in [9.17, 15) is 0 Å². The van der Waals surface area contributed by atoms with Gasteiger partial charge in [-0.05, 0) is 139 Å². The van der Waals surface area contributed by atoms with E-state index in [0.717, 1.165) is 61.4 Å². The smallest absolute Gasteiger partial charge is 0.145 e. The summed E-state index contributed by atoms with van der Waals surface area (Å²) in [5.74, 6) is 0. The van der Waals surface area contributed by atoms with Crippen LogP contribution in [0.1, 0.15) is 74.9 Å². The number of rotatable bonds is 5. The molecule has 0 saturated carbocycles. The fraction of sp³-hybridized carbons (Fsp3) is 0.132. The highest BCUT2D eigenvalue weighted by atomic mass is 16.3. The molecule has 3 aromatic heterocycles. The average molecular weight is 927 g/mol. The minimum atomic E-state index is -0.361. The molecule has 4 heteroatoms. The molecule has 0 aliphatic heterocycles. The van der Waals surface area contributed by atoms with Crippen LogP contribution in [-0.4, -0.2) is 4.98 Å². The minimum absolute atomic E-state index is 0.226. The van der Waals surface area contributed by atoms with Crippen molar-refractivity contribution >= 4 is 60.9 Å². The Morgan fingerprint density at radius 3 is 1.65 bits per heavy atom. The molecule has 0 atom stereocenters. The summed E-state index contributed by atoms with van der Waals surface area (Å²) in [6.07, 6.45) is 1.87. The molecule has 3 aliphatic carbocycles. The number of fused-ring (bicyclic) bond motifs is 19. The molecule has 344 valence electrons. The molecule has 4 nitrogen and oxygen atoms in total. The molecule has 72 heavy (non-hydrogen) atoms. The highest BCUT2D eigenvalue weighted by molar-refractivity contribution is 6.21. The van der Waals surface area contributed by atoms with E-state index < -0.39 is 0 Å². The molecule has 0 N–H and O–H groups in total. The second-order valence-electron chi connectivity index (χ2n) is 21.8. The van der Waals surface area contributed by atoms with Crippen molar-refractivity contribution in [2.45, 2.75) is 57.8 Å². The van der Waals surface area contributed by atoms with Crippen LogP contribution in [-0.2, 0) is 16.2 Å². The lowest BCUT2D eigenvalue weighted by Crippen LogP contribution is -2.24. The fourth-order valence-corrected chi connectivity index (χ4v) is 13.5. The summed E-state index contributed by atoms with van der Waals surface area (Å²) in [6, 6.07) is 68.7. The van der Waals surface area contributed by atoms with Gasteiger partial charge in [-0.2, -0.15) is 0 Å². The quantitative estimate of drug-likeness (QED) is 0.172. The van der Waals surface area contributed by atoms with Gasteiger partial charge in [-0.15, -0.1) is 0 Å². The van der Waals surface area contributed by atoms with Gasteiger partial charge in [-0.1, -0.05) is 163 Å². The van der Waals surface area contributed by atoms with Crippen LogP contribution < -0.4 is 4.90 Å². The van der Waals surface area contributed by atoms with Gasteiger partial charge in [-0.25, -0.2) is 0 Å². The van der Waals surface area contributed by atoms with E-state index in [-0.39, 0.29) is 16.2 Å². The first-order valence-electron chi connectivity index (χ1n) is 25.3. The first-order chi connectivity index (χ1) is 35.0. The Labute approximate surface area is 418 Å². The molecule has 3 heterocycles. The molecular formula is C68H50N2O2. The van der Waals surface area contributed by atoms with E-state index in [0.29, 0.717) is 0 Å². The van der Waals surface area contributed by atoms with Crippen LogP contribution in [0.2, 0.25) is 0 Å². The average Bonchev–Trinajstić information content (AvgIpc) is 4.16. The van der Waals surface area contributed by atoms with E-state index in [2.05, 4.69) is 228 Å². The van der Waals surface area contributed by atoms with Gasteiger partial charge in [0.15, 0.2) is 0 Å². The van der Waals surface area contributed by atoms with E-state index >= 15 is 0 Å². The molecule has 9 aromatic carbocycles. The van der Waals surface area contributed by atoms with Crippen molar-refractivity contribution in [3.8, 4) is 55.8 Å². The lowest BCUT2D eigenvalue weighted by Gasteiger charge is -2.32. The molecule has 0 fully saturated rings. The highest BCUT2D eigenvalue weighted by Gasteiger charge is 2.49. The molecule has 0 unspecified atom stereocenters. The molecule has 0 saturated heterocycles. The van der Waals surface area contributed by atoms with Crippen molar-refractivity contribution in [2.24, 2.45) is 0 Å². The summed E-state index contributed by atoms with van der Waals surface area (Å²) in [4.78, 5) is 7.34. The van der Waals surface area contributed by atoms with Crippen molar-refractivity contribution in [2.75, 3.05) is 4.90 Å². The van der Waals surface area contributed by atoms with Gasteiger partial charge >= 0.3 is 0 Å². The number of pyridine rings is 1. The number of aromatic nitrogens is 1. The van der Waals surface area contributed by atoms with Gasteiger partial charge in [0.1, 0.15) is 22.3 Å². The van der Waals surface area contributed by atoms with Gasteiger partial charge in [-0.3, -0.25) is 4.98 Å². The third-order valence-electron chi connectivity index (χ3n) is 16.8. The number of hydrogen-bond donors (Lipinski definition) is 0. The van der Waals surface area contributed by atoms with Crippen molar-refractivity contribution in [3.63, 3.8) is 0 Å². The van der Waals surface area contributed by atoms with Crippen LogP contribution in [0.4, 0.5) is 17.1 Å². The van der Waals surface area contributed by atoms with Crippen LogP contribution in [0.15, 0.2) is 203 Å². The van der Waals surface area contributed by atoms with Gasteiger partial charge in [0.25, 0.3) is 0 Å². The molecule has 0 amide bonds. The Morgan fingerprint density at radius 2 is 0.931 bits per heavy atom. The zero-order chi connectivity index (χ0) is 48.4. The number of benzene rings is 9. The Bertz CT molecular complexity index is 4300. The van der Waals surface area contributed by atoms with Gasteiger partial charge in [0.05, 0.1) is 5.69 Å². The second kappa shape index (κ2) is 14.3. The molecule has 3 aliphatic rings. The Hall–Kier alpha value is -8.47. The SMILES string of the molecule is CC1(C)c2cc(N(c3cccc(-c4ccccc4)c3)c3ccc4c(c3)C(C)(C)c3c5c(c6c(oc7ccccc76)c3-4)-c3ccccc3C5(C)C)ccc2-c2c1cc(-c1ccccn1)c1oc3ccccc3c21. The van der Waals surface area contributed by atoms with Crippen LogP contribution in [0.3, 0.4) is 0 Å². The van der Waals surface area contributed by atoms with Crippen molar-refractivity contribution in [1.82, 2.24) is 4.98 Å². The third-order valence-corrected chi connectivity index (χ3v) is 16.8. The first kappa shape index (κ1) is 41.3. The summed E-state index contributed by atoms with van der Waals surface area (Å²) in [5, 5.41) is 4.66. The maximum absolute atomic E-state index is 7.07. The van der Waals surface area contributed by atoms with Crippen LogP contribution in [0, 0.1) is 0 Å². The maximum atomic E-state index is 7.07. The van der Waals surface area contributed by atoms with Gasteiger partial charge in [0.2, 0.25) is 0 Å². The summed E-state index contributed by atoms with van der Waals surface area (Å²) >= 11 is 0. The first-order valence-corrected chi connectivity index (χ1v) is 25.3. The Morgan fingerprint density at radius 1 is 0.375 bits per heavy atom. The summed E-state index contributed by atoms with van der Waals surface area (Å²) in [6.45, 7) is 14.5. The number of nitrogens with zero attached hydrogens (tertiary/aromatic N) is 2. The fourth-order valence-electron chi connectivity index (χ4n) is 13.5. The number of furan rings is 2. The standard InChI is InChI=1S/C68H50N2O2/c1-66(2)51-36-42(30-32-45(51)57-53(66)38-49(54-27-16-17-34-69-54)64-59(57)47-24-11-14-28-55(47)71-64)70(41-22-18-21-40(35-41)39-19-8-7-9-20-39)43-31-33-46-52(37-43)68(5,6)63-61(46)65-60(48-25-12-15-29-56(48)72-65)58-44-23-10-13-26-50(44)67(3,4)62(58)63/h7-38H,1-6H3. The molecule has 15 rings (SSSR count). The number of para-hydroxylation sites is 2. The highest BCUT2D eigenvalue weighted by Crippen LogP contribution is 2.64. The molecular weight excluding hydrogens is 877 g/mol. The number of hydrogen-bond acceptors (Lipinski definition) is 4. The molecule has 12 aromatic rings. The monoisotopic (exact) mass is 926 g/mol. The van der Waals surface area contributed by atoms with E-state index in [4.69, 9.17) is 13.8 Å². The van der Waals surface area contributed by atoms with E-state index in [1.807, 2.05) is 12.3 Å². The van der Waals surface area contributed by atoms with Crippen molar-refractivity contribution < 1.29 is 8.83 Å². The van der Waals surface area contributed by atoms with Gasteiger partial charge < -0.3 is 13.7 Å². The van der Waals surface area contributed by atoms with Crippen molar-refractivity contribution in [1.29, 1.82) is 0 Å². The van der Waals surface area contributed by atoms with Crippen LogP contribution >= 0.6 is 0 Å². The Kier molecular flexibility index (Phi) is 8.23. The lowest BCUT2D eigenvalue weighted by molar-refractivity contribution is 0.600. The van der Waals surface area contributed by atoms with Crippen molar-refractivity contribution in [3.05, 3.63) is 228 Å². The summed E-state index contributed by atoms with van der Waals surface area (Å²) < 4.78 is 13.9. The summed E-state index contributed by atoms with van der Waals surface area (Å²) in [7, 11) is 0. The Balaban J connectivity index is 0.961. The zero-order valence-corrected chi connectivity index (χ0v) is 41.2. The second-order valence-corrected chi connectivity index (χ2v) is 21.8. The molecule has 0 bridgehead atoms. The maximum Gasteiger partial charge on any atom is 0.145 e. The number of anilines is 3. The predicted molar refractivity (Wildman–Crippen MR) is 297 cm³/mol. The van der Waals surface area contributed by atoms with E-state index in [1.54, 1.807) is 0 Å². The molecule has 0 radical (unpaired) electrons. The van der Waals surface area contributed by atoms with Crippen LogP contribution in [0.25, 0.3) is 99.6 Å². The summed E-state index contributed by atoms with van der Waals surface area (Å²) in [5.41, 5.74) is 25.9. The predicted octanol–water partition coefficient (Wildman–Crippen LogP) is 18.6. The van der Waals surface area contributed by atoms with Crippen LogP contribution in [0.5, 0.6) is 0 Å². The van der Waals surface area contributed by atoms with Gasteiger partial charge in [0, 0.05) is 72.2 Å². The normalized spacial score (nSPS) is 15.1. The third kappa shape index (κ3) is 5.39. The van der Waals surface area contributed by atoms with E-state index in [1.165, 1.54) is 88.7 Å².